The molecule has 1 heterocycles. The van der Waals surface area contributed by atoms with E-state index in [0.29, 0.717) is 0 Å². The van der Waals surface area contributed by atoms with Crippen LogP contribution in [0.5, 0.6) is 0 Å². The summed E-state index contributed by atoms with van der Waals surface area (Å²) in [5.41, 5.74) is 6.30. The summed E-state index contributed by atoms with van der Waals surface area (Å²) in [4.78, 5) is 0. The molecule has 14 heavy (non-hydrogen) atoms. The molecule has 0 fully saturated rings. The number of hydrogen-bond donors (Lipinski definition) is 1. The van der Waals surface area contributed by atoms with Crippen molar-refractivity contribution in [2.75, 3.05) is 0 Å². The van der Waals surface area contributed by atoms with Crippen molar-refractivity contribution in [3.05, 3.63) is 23.7 Å². The van der Waals surface area contributed by atoms with Gasteiger partial charge in [-0.2, -0.15) is 0 Å². The van der Waals surface area contributed by atoms with Crippen LogP contribution in [0.15, 0.2) is 16.5 Å². The average Bonchev–Trinajstić information content (AvgIpc) is 2.48. The summed E-state index contributed by atoms with van der Waals surface area (Å²) in [5, 5.41) is 0. The summed E-state index contributed by atoms with van der Waals surface area (Å²) in [6.45, 7) is 8.65. The molecule has 0 radical (unpaired) electrons. The first-order valence-corrected chi connectivity index (χ1v) is 5.26. The molecular weight excluding hydrogens is 174 g/mol. The van der Waals surface area contributed by atoms with E-state index in [0.717, 1.165) is 24.4 Å². The molecule has 0 aliphatic carbocycles. The van der Waals surface area contributed by atoms with E-state index in [4.69, 9.17) is 10.2 Å². The maximum Gasteiger partial charge on any atom is 0.120 e. The van der Waals surface area contributed by atoms with Crippen molar-refractivity contribution >= 4 is 0 Å². The minimum absolute atomic E-state index is 0.0234. The highest BCUT2D eigenvalue weighted by Crippen LogP contribution is 2.28. The molecule has 1 unspecified atom stereocenters. The average molecular weight is 195 g/mol. The van der Waals surface area contributed by atoms with E-state index in [-0.39, 0.29) is 11.5 Å². The quantitative estimate of drug-likeness (QED) is 0.804. The van der Waals surface area contributed by atoms with E-state index in [2.05, 4.69) is 27.7 Å². The third-order valence-electron chi connectivity index (χ3n) is 2.23. The van der Waals surface area contributed by atoms with Crippen LogP contribution in [-0.4, -0.2) is 0 Å². The molecule has 0 amide bonds. The van der Waals surface area contributed by atoms with Crippen LogP contribution in [0.4, 0.5) is 0 Å². The minimum Gasteiger partial charge on any atom is -0.464 e. The fourth-order valence-corrected chi connectivity index (χ4v) is 1.54. The SMILES string of the molecule is CCc1ccc(C(N)CC(C)(C)C)o1. The van der Waals surface area contributed by atoms with Gasteiger partial charge in [0, 0.05) is 6.42 Å². The van der Waals surface area contributed by atoms with Gasteiger partial charge in [0.05, 0.1) is 6.04 Å². The van der Waals surface area contributed by atoms with E-state index >= 15 is 0 Å². The second kappa shape index (κ2) is 4.18. The van der Waals surface area contributed by atoms with E-state index < -0.39 is 0 Å². The number of furan rings is 1. The zero-order chi connectivity index (χ0) is 10.8. The highest BCUT2D eigenvalue weighted by molar-refractivity contribution is 5.10. The van der Waals surface area contributed by atoms with Crippen LogP contribution in [0.1, 0.15) is 51.7 Å². The Kier molecular flexibility index (Phi) is 3.38. The fourth-order valence-electron chi connectivity index (χ4n) is 1.54. The van der Waals surface area contributed by atoms with Gasteiger partial charge in [-0.25, -0.2) is 0 Å². The smallest absolute Gasteiger partial charge is 0.120 e. The fraction of sp³-hybridized carbons (Fsp3) is 0.667. The zero-order valence-electron chi connectivity index (χ0n) is 9.63. The Morgan fingerprint density at radius 3 is 2.43 bits per heavy atom. The van der Waals surface area contributed by atoms with Crippen molar-refractivity contribution in [3.8, 4) is 0 Å². The highest BCUT2D eigenvalue weighted by atomic mass is 16.3. The molecule has 1 rings (SSSR count). The molecule has 1 aromatic heterocycles. The predicted octanol–water partition coefficient (Wildman–Crippen LogP) is 3.28. The molecular formula is C12H21NO. The van der Waals surface area contributed by atoms with Crippen LogP contribution < -0.4 is 5.73 Å². The first-order chi connectivity index (χ1) is 6.42. The summed E-state index contributed by atoms with van der Waals surface area (Å²) < 4.78 is 5.62. The molecule has 2 N–H and O–H groups in total. The molecule has 0 saturated carbocycles. The molecule has 0 spiro atoms. The largest absolute Gasteiger partial charge is 0.464 e. The van der Waals surface area contributed by atoms with Gasteiger partial charge in [0.25, 0.3) is 0 Å². The lowest BCUT2D eigenvalue weighted by Crippen LogP contribution is -2.18. The van der Waals surface area contributed by atoms with Crippen molar-refractivity contribution in [2.24, 2.45) is 11.1 Å². The molecule has 2 nitrogen and oxygen atoms in total. The summed E-state index contributed by atoms with van der Waals surface area (Å²) in [7, 11) is 0. The third-order valence-corrected chi connectivity index (χ3v) is 2.23. The lowest BCUT2D eigenvalue weighted by Gasteiger charge is -2.21. The predicted molar refractivity (Wildman–Crippen MR) is 59.1 cm³/mol. The van der Waals surface area contributed by atoms with E-state index in [1.54, 1.807) is 0 Å². The van der Waals surface area contributed by atoms with Gasteiger partial charge < -0.3 is 10.2 Å². The maximum absolute atomic E-state index is 6.06. The molecule has 1 aromatic rings. The molecule has 0 aliphatic rings. The summed E-state index contributed by atoms with van der Waals surface area (Å²) in [6.07, 6.45) is 1.88. The monoisotopic (exact) mass is 195 g/mol. The van der Waals surface area contributed by atoms with Gasteiger partial charge in [-0.05, 0) is 24.0 Å². The minimum atomic E-state index is 0.0234. The van der Waals surface area contributed by atoms with E-state index in [9.17, 15) is 0 Å². The van der Waals surface area contributed by atoms with Crippen molar-refractivity contribution in [3.63, 3.8) is 0 Å². The maximum atomic E-state index is 6.06. The molecule has 0 saturated heterocycles. The van der Waals surface area contributed by atoms with Crippen LogP contribution in [-0.2, 0) is 6.42 Å². The van der Waals surface area contributed by atoms with Gasteiger partial charge in [-0.3, -0.25) is 0 Å². The van der Waals surface area contributed by atoms with Crippen LogP contribution >= 0.6 is 0 Å². The molecule has 0 aromatic carbocycles. The zero-order valence-corrected chi connectivity index (χ0v) is 9.63. The van der Waals surface area contributed by atoms with E-state index in [1.165, 1.54) is 0 Å². The second-order valence-electron chi connectivity index (χ2n) is 5.03. The van der Waals surface area contributed by atoms with Gasteiger partial charge in [-0.15, -0.1) is 0 Å². The lowest BCUT2D eigenvalue weighted by atomic mass is 9.88. The van der Waals surface area contributed by atoms with Crippen molar-refractivity contribution in [1.29, 1.82) is 0 Å². The Morgan fingerprint density at radius 1 is 1.36 bits per heavy atom. The molecule has 0 bridgehead atoms. The van der Waals surface area contributed by atoms with Crippen molar-refractivity contribution < 1.29 is 4.42 Å². The Labute approximate surface area is 86.5 Å². The Balaban J connectivity index is 2.65. The number of hydrogen-bond acceptors (Lipinski definition) is 2. The molecule has 0 aliphatic heterocycles. The van der Waals surface area contributed by atoms with Crippen molar-refractivity contribution in [1.82, 2.24) is 0 Å². The molecule has 1 atom stereocenters. The van der Waals surface area contributed by atoms with Gasteiger partial charge in [-0.1, -0.05) is 27.7 Å². The molecule has 80 valence electrons. The molecule has 2 heteroatoms. The summed E-state index contributed by atoms with van der Waals surface area (Å²) in [5.74, 6) is 1.93. The lowest BCUT2D eigenvalue weighted by molar-refractivity contribution is 0.313. The summed E-state index contributed by atoms with van der Waals surface area (Å²) in [6, 6.07) is 4.03. The van der Waals surface area contributed by atoms with Crippen LogP contribution in [0.25, 0.3) is 0 Å². The van der Waals surface area contributed by atoms with Crippen molar-refractivity contribution in [2.45, 2.75) is 46.6 Å². The van der Waals surface area contributed by atoms with E-state index in [1.807, 2.05) is 12.1 Å². The van der Waals surface area contributed by atoms with Crippen LogP contribution in [0.2, 0.25) is 0 Å². The Bertz CT molecular complexity index is 283. The number of nitrogens with two attached hydrogens (primary N) is 1. The standard InChI is InChI=1S/C12H21NO/c1-5-9-6-7-11(14-9)10(13)8-12(2,3)4/h6-7,10H,5,8,13H2,1-4H3. The van der Waals surface area contributed by atoms with Crippen LogP contribution in [0, 0.1) is 5.41 Å². The second-order valence-corrected chi connectivity index (χ2v) is 5.03. The van der Waals surface area contributed by atoms with Gasteiger partial charge in [0.15, 0.2) is 0 Å². The van der Waals surface area contributed by atoms with Gasteiger partial charge in [0.1, 0.15) is 11.5 Å². The topological polar surface area (TPSA) is 39.2 Å². The number of aryl methyl sites for hydroxylation is 1. The first kappa shape index (κ1) is 11.3. The third kappa shape index (κ3) is 3.18. The normalized spacial score (nSPS) is 14.4. The van der Waals surface area contributed by atoms with Crippen LogP contribution in [0.3, 0.4) is 0 Å². The highest BCUT2D eigenvalue weighted by Gasteiger charge is 2.19. The summed E-state index contributed by atoms with van der Waals surface area (Å²) >= 11 is 0. The Morgan fingerprint density at radius 2 is 2.00 bits per heavy atom. The Hall–Kier alpha value is -0.760. The first-order valence-electron chi connectivity index (χ1n) is 5.26. The number of rotatable bonds is 3. The van der Waals surface area contributed by atoms with Gasteiger partial charge >= 0.3 is 0 Å². The van der Waals surface area contributed by atoms with Gasteiger partial charge in [0.2, 0.25) is 0 Å².